The van der Waals surface area contributed by atoms with Gasteiger partial charge in [-0.1, -0.05) is 35.0 Å². The average molecular weight is 300 g/mol. The van der Waals surface area contributed by atoms with E-state index in [9.17, 15) is 9.18 Å². The zero-order valence-corrected chi connectivity index (χ0v) is 12.4. The molecule has 22 heavy (non-hydrogen) atoms. The van der Waals surface area contributed by atoms with E-state index in [1.165, 1.54) is 24.3 Å². The third-order valence-electron chi connectivity index (χ3n) is 2.98. The van der Waals surface area contributed by atoms with Crippen molar-refractivity contribution in [3.05, 3.63) is 65.5 Å². The van der Waals surface area contributed by atoms with Gasteiger partial charge in [-0.05, 0) is 43.7 Å². The van der Waals surface area contributed by atoms with E-state index < -0.39 is 6.10 Å². The van der Waals surface area contributed by atoms with Crippen LogP contribution in [0.25, 0.3) is 0 Å². The molecule has 5 heteroatoms. The van der Waals surface area contributed by atoms with Crippen LogP contribution < -0.4 is 5.32 Å². The van der Waals surface area contributed by atoms with Gasteiger partial charge in [-0.3, -0.25) is 4.79 Å². The van der Waals surface area contributed by atoms with E-state index in [1.54, 1.807) is 13.1 Å². The number of rotatable bonds is 5. The highest BCUT2D eigenvalue weighted by atomic mass is 19.1. The lowest BCUT2D eigenvalue weighted by molar-refractivity contribution is -0.126. The lowest BCUT2D eigenvalue weighted by Gasteiger charge is -2.10. The SMILES string of the molecule is Cc1ccc(/C=N\O[C@H](C)C(=O)Nc2ccc(F)cc2)cc1. The molecule has 0 heterocycles. The molecule has 4 nitrogen and oxygen atoms in total. The average Bonchev–Trinajstić information content (AvgIpc) is 2.51. The van der Waals surface area contributed by atoms with Crippen LogP contribution in [0.15, 0.2) is 53.7 Å². The van der Waals surface area contributed by atoms with Gasteiger partial charge in [0, 0.05) is 5.69 Å². The van der Waals surface area contributed by atoms with Crippen LogP contribution >= 0.6 is 0 Å². The molecule has 2 aromatic carbocycles. The fourth-order valence-corrected chi connectivity index (χ4v) is 1.66. The fraction of sp³-hybridized carbons (Fsp3) is 0.176. The Morgan fingerprint density at radius 2 is 1.82 bits per heavy atom. The van der Waals surface area contributed by atoms with Crippen LogP contribution in [0, 0.1) is 12.7 Å². The summed E-state index contributed by atoms with van der Waals surface area (Å²) in [6.45, 7) is 3.59. The lowest BCUT2D eigenvalue weighted by atomic mass is 10.2. The molecule has 0 saturated heterocycles. The summed E-state index contributed by atoms with van der Waals surface area (Å²) >= 11 is 0. The van der Waals surface area contributed by atoms with E-state index in [0.29, 0.717) is 5.69 Å². The number of oxime groups is 1. The van der Waals surface area contributed by atoms with Gasteiger partial charge in [-0.15, -0.1) is 0 Å². The molecule has 0 spiro atoms. The smallest absolute Gasteiger partial charge is 0.267 e. The predicted molar refractivity (Wildman–Crippen MR) is 84.3 cm³/mol. The Balaban J connectivity index is 1.85. The standard InChI is InChI=1S/C17H17FN2O2/c1-12-3-5-14(6-4-12)11-19-22-13(2)17(21)20-16-9-7-15(18)8-10-16/h3-11,13H,1-2H3,(H,20,21)/b19-11-/t13-/m1/s1. The van der Waals surface area contributed by atoms with Crippen molar-refractivity contribution in [1.29, 1.82) is 0 Å². The Morgan fingerprint density at radius 3 is 2.45 bits per heavy atom. The van der Waals surface area contributed by atoms with Crippen molar-refractivity contribution < 1.29 is 14.0 Å². The first kappa shape index (κ1) is 15.7. The van der Waals surface area contributed by atoms with E-state index in [1.807, 2.05) is 31.2 Å². The van der Waals surface area contributed by atoms with Crippen LogP contribution in [0.5, 0.6) is 0 Å². The summed E-state index contributed by atoms with van der Waals surface area (Å²) in [6.07, 6.45) is 0.785. The highest BCUT2D eigenvalue weighted by molar-refractivity contribution is 5.93. The zero-order chi connectivity index (χ0) is 15.9. The number of nitrogens with one attached hydrogen (secondary N) is 1. The summed E-state index contributed by atoms with van der Waals surface area (Å²) in [7, 11) is 0. The zero-order valence-electron chi connectivity index (χ0n) is 12.4. The third-order valence-corrected chi connectivity index (χ3v) is 2.98. The first-order chi connectivity index (χ1) is 10.5. The van der Waals surface area contributed by atoms with Gasteiger partial charge in [0.2, 0.25) is 6.10 Å². The fourth-order valence-electron chi connectivity index (χ4n) is 1.66. The molecule has 2 aromatic rings. The topological polar surface area (TPSA) is 50.7 Å². The summed E-state index contributed by atoms with van der Waals surface area (Å²) < 4.78 is 12.8. The second kappa shape index (κ2) is 7.36. The number of benzene rings is 2. The Bertz CT molecular complexity index is 651. The van der Waals surface area contributed by atoms with E-state index in [2.05, 4.69) is 10.5 Å². The molecule has 0 saturated carbocycles. The van der Waals surface area contributed by atoms with Gasteiger partial charge in [0.25, 0.3) is 5.91 Å². The van der Waals surface area contributed by atoms with Crippen molar-refractivity contribution in [3.8, 4) is 0 Å². The van der Waals surface area contributed by atoms with Crippen LogP contribution in [0.2, 0.25) is 0 Å². The van der Waals surface area contributed by atoms with Crippen molar-refractivity contribution in [2.24, 2.45) is 5.16 Å². The highest BCUT2D eigenvalue weighted by Crippen LogP contribution is 2.09. The third kappa shape index (κ3) is 4.70. The number of aryl methyl sites for hydroxylation is 1. The quantitative estimate of drug-likeness (QED) is 0.678. The van der Waals surface area contributed by atoms with E-state index in [-0.39, 0.29) is 11.7 Å². The Hall–Kier alpha value is -2.69. The normalized spacial score (nSPS) is 12.1. The van der Waals surface area contributed by atoms with Gasteiger partial charge < -0.3 is 10.2 Å². The highest BCUT2D eigenvalue weighted by Gasteiger charge is 2.14. The van der Waals surface area contributed by atoms with E-state index in [0.717, 1.165) is 11.1 Å². The summed E-state index contributed by atoms with van der Waals surface area (Å²) in [4.78, 5) is 17.0. The number of nitrogens with zero attached hydrogens (tertiary/aromatic N) is 1. The Labute approximate surface area is 128 Å². The van der Waals surface area contributed by atoms with Crippen LogP contribution in [-0.2, 0) is 9.63 Å². The summed E-state index contributed by atoms with van der Waals surface area (Å²) in [5, 5.41) is 6.42. The maximum absolute atomic E-state index is 12.8. The molecule has 0 aromatic heterocycles. The lowest BCUT2D eigenvalue weighted by Crippen LogP contribution is -2.26. The van der Waals surface area contributed by atoms with Gasteiger partial charge >= 0.3 is 0 Å². The second-order valence-corrected chi connectivity index (χ2v) is 4.89. The van der Waals surface area contributed by atoms with Gasteiger partial charge in [-0.2, -0.15) is 0 Å². The van der Waals surface area contributed by atoms with Gasteiger partial charge in [0.05, 0.1) is 6.21 Å². The van der Waals surface area contributed by atoms with Crippen molar-refractivity contribution in [1.82, 2.24) is 0 Å². The van der Waals surface area contributed by atoms with Crippen LogP contribution in [-0.4, -0.2) is 18.2 Å². The number of hydrogen-bond acceptors (Lipinski definition) is 3. The Morgan fingerprint density at radius 1 is 1.18 bits per heavy atom. The number of carbonyl (C=O) groups excluding carboxylic acids is 1. The first-order valence-electron chi connectivity index (χ1n) is 6.87. The molecule has 0 fully saturated rings. The molecule has 1 N–H and O–H groups in total. The first-order valence-corrected chi connectivity index (χ1v) is 6.87. The number of carbonyl (C=O) groups is 1. The minimum Gasteiger partial charge on any atom is -0.383 e. The molecule has 114 valence electrons. The minimum atomic E-state index is -0.758. The van der Waals surface area contributed by atoms with Gasteiger partial charge in [0.1, 0.15) is 5.82 Å². The molecule has 0 radical (unpaired) electrons. The largest absolute Gasteiger partial charge is 0.383 e. The van der Waals surface area contributed by atoms with Crippen molar-refractivity contribution in [2.75, 3.05) is 5.32 Å². The Kier molecular flexibility index (Phi) is 5.25. The van der Waals surface area contributed by atoms with E-state index >= 15 is 0 Å². The van der Waals surface area contributed by atoms with Crippen molar-refractivity contribution in [2.45, 2.75) is 20.0 Å². The van der Waals surface area contributed by atoms with Crippen LogP contribution in [0.3, 0.4) is 0 Å². The molecule has 1 amide bonds. The molecule has 0 aliphatic heterocycles. The molecular weight excluding hydrogens is 283 g/mol. The van der Waals surface area contributed by atoms with Crippen molar-refractivity contribution in [3.63, 3.8) is 0 Å². The molecule has 0 bridgehead atoms. The number of hydrogen-bond donors (Lipinski definition) is 1. The van der Waals surface area contributed by atoms with Gasteiger partial charge in [-0.25, -0.2) is 4.39 Å². The molecule has 0 aliphatic rings. The summed E-state index contributed by atoms with van der Waals surface area (Å²) in [6, 6.07) is 13.3. The second-order valence-electron chi connectivity index (χ2n) is 4.89. The van der Waals surface area contributed by atoms with Crippen molar-refractivity contribution >= 4 is 17.8 Å². The summed E-state index contributed by atoms with van der Waals surface area (Å²) in [5.41, 5.74) is 2.55. The molecule has 0 unspecified atom stereocenters. The maximum Gasteiger partial charge on any atom is 0.267 e. The molecule has 0 aliphatic carbocycles. The van der Waals surface area contributed by atoms with E-state index in [4.69, 9.17) is 4.84 Å². The molecule has 1 atom stereocenters. The molecule has 2 rings (SSSR count). The number of amides is 1. The predicted octanol–water partition coefficient (Wildman–Crippen LogP) is 3.51. The number of halogens is 1. The minimum absolute atomic E-state index is 0.354. The summed E-state index contributed by atoms with van der Waals surface area (Å²) in [5.74, 6) is -0.711. The van der Waals surface area contributed by atoms with Gasteiger partial charge in [0.15, 0.2) is 0 Å². The molecular formula is C17H17FN2O2. The number of anilines is 1. The monoisotopic (exact) mass is 300 g/mol. The van der Waals surface area contributed by atoms with Crippen LogP contribution in [0.4, 0.5) is 10.1 Å². The van der Waals surface area contributed by atoms with Crippen LogP contribution in [0.1, 0.15) is 18.1 Å². The maximum atomic E-state index is 12.8.